The number of aromatic carboxylic acids is 1. The van der Waals surface area contributed by atoms with Crippen LogP contribution in [-0.2, 0) is 13.1 Å². The highest BCUT2D eigenvalue weighted by Gasteiger charge is 2.39. The summed E-state index contributed by atoms with van der Waals surface area (Å²) < 4.78 is 46.4. The molecular weight excluding hydrogens is 525 g/mol. The van der Waals surface area contributed by atoms with Crippen molar-refractivity contribution in [2.45, 2.75) is 25.4 Å². The van der Waals surface area contributed by atoms with Crippen LogP contribution in [0, 0.1) is 0 Å². The van der Waals surface area contributed by atoms with Crippen molar-refractivity contribution < 1.29 is 32.9 Å². The normalized spacial score (nSPS) is 12.5. The van der Waals surface area contributed by atoms with E-state index in [-0.39, 0.29) is 28.9 Å². The largest absolute Gasteiger partial charge is 0.478 e. The lowest BCUT2D eigenvalue weighted by Crippen LogP contribution is -2.37. The first kappa shape index (κ1) is 25.8. The molecule has 0 aliphatic heterocycles. The summed E-state index contributed by atoms with van der Waals surface area (Å²) in [5.41, 5.74) is -0.790. The van der Waals surface area contributed by atoms with Crippen LogP contribution in [0.15, 0.2) is 41.5 Å². The van der Waals surface area contributed by atoms with Gasteiger partial charge in [-0.25, -0.2) is 29.2 Å². The number of aromatic nitrogens is 8. The molecule has 4 rings (SSSR count). The summed E-state index contributed by atoms with van der Waals surface area (Å²) in [6.07, 6.45) is -5.28. The van der Waals surface area contributed by atoms with Crippen molar-refractivity contribution in [3.63, 3.8) is 0 Å². The summed E-state index contributed by atoms with van der Waals surface area (Å²) in [5.74, 6) is -2.66. The Hall–Kier alpha value is -4.31. The molecule has 0 bridgehead atoms. The highest BCUT2D eigenvalue weighted by molar-refractivity contribution is 6.30. The number of rotatable bonds is 8. The number of methoxy groups -OCH3 is 1. The maximum Gasteiger partial charge on any atom is 0.416 e. The Morgan fingerprint density at radius 1 is 1.16 bits per heavy atom. The average molecular weight is 541 g/mol. The van der Waals surface area contributed by atoms with Crippen molar-refractivity contribution in [3.8, 4) is 23.1 Å². The molecule has 0 radical (unpaired) electrons. The van der Waals surface area contributed by atoms with Crippen LogP contribution in [0.3, 0.4) is 0 Å². The number of nitrogens with zero attached hydrogens (tertiary/aromatic N) is 8. The zero-order valence-corrected chi connectivity index (χ0v) is 19.4. The molecule has 17 heteroatoms. The molecule has 0 fully saturated rings. The van der Waals surface area contributed by atoms with E-state index in [1.54, 1.807) is 0 Å². The van der Waals surface area contributed by atoms with Crippen molar-refractivity contribution in [1.82, 2.24) is 39.1 Å². The molecule has 0 unspecified atom stereocenters. The van der Waals surface area contributed by atoms with Crippen LogP contribution in [0.4, 0.5) is 13.2 Å². The minimum absolute atomic E-state index is 0.0611. The number of carbonyl (C=O) groups is 1. The maximum atomic E-state index is 13.0. The summed E-state index contributed by atoms with van der Waals surface area (Å²) in [5, 5.41) is 27.6. The van der Waals surface area contributed by atoms with E-state index in [9.17, 15) is 33.0 Å². The molecule has 2 N–H and O–H groups in total. The molecule has 3 heterocycles. The second-order valence-electron chi connectivity index (χ2n) is 7.40. The van der Waals surface area contributed by atoms with E-state index in [0.717, 1.165) is 9.36 Å². The number of aliphatic hydroxyl groups is 1. The molecular formula is C20H16ClF3N8O5. The lowest BCUT2D eigenvalue weighted by molar-refractivity contribution is -0.207. The second-order valence-corrected chi connectivity index (χ2v) is 7.83. The van der Waals surface area contributed by atoms with Crippen molar-refractivity contribution >= 4 is 17.6 Å². The van der Waals surface area contributed by atoms with Gasteiger partial charge in [-0.1, -0.05) is 11.6 Å². The molecule has 0 amide bonds. The second kappa shape index (κ2) is 9.98. The molecule has 13 nitrogen and oxygen atoms in total. The van der Waals surface area contributed by atoms with Crippen LogP contribution < -0.4 is 10.4 Å². The highest BCUT2D eigenvalue weighted by atomic mass is 35.5. The van der Waals surface area contributed by atoms with E-state index in [1.165, 1.54) is 43.8 Å². The zero-order valence-electron chi connectivity index (χ0n) is 18.7. The molecule has 3 aromatic heterocycles. The number of benzene rings is 1. The fourth-order valence-corrected chi connectivity index (χ4v) is 3.37. The summed E-state index contributed by atoms with van der Waals surface area (Å²) in [4.78, 5) is 36.6. The third-order valence-electron chi connectivity index (χ3n) is 4.93. The Bertz CT molecular complexity index is 1500. The predicted molar refractivity (Wildman–Crippen MR) is 119 cm³/mol. The van der Waals surface area contributed by atoms with Crippen LogP contribution in [0.1, 0.15) is 16.4 Å². The van der Waals surface area contributed by atoms with Gasteiger partial charge in [-0.3, -0.25) is 4.57 Å². The first-order valence-electron chi connectivity index (χ1n) is 10.2. The van der Waals surface area contributed by atoms with Gasteiger partial charge in [0.1, 0.15) is 6.54 Å². The van der Waals surface area contributed by atoms with E-state index in [1.807, 2.05) is 0 Å². The summed E-state index contributed by atoms with van der Waals surface area (Å²) >= 11 is 5.87. The van der Waals surface area contributed by atoms with Crippen LogP contribution >= 0.6 is 11.6 Å². The van der Waals surface area contributed by atoms with Crippen molar-refractivity contribution in [2.75, 3.05) is 7.11 Å². The van der Waals surface area contributed by atoms with Gasteiger partial charge in [0.15, 0.2) is 17.8 Å². The van der Waals surface area contributed by atoms with E-state index in [4.69, 9.17) is 16.3 Å². The molecule has 0 saturated heterocycles. The summed E-state index contributed by atoms with van der Waals surface area (Å²) in [7, 11) is 1.28. The standard InChI is InChI=1S/C20H16ClF3N8O5/c1-37-17-15(25-6-7-26-17)32-16(18(34)35)27-13(28-32)9-31-19(36)30(8-12(33)20(22,23)24)14(29-31)10-2-4-11(21)5-3-10/h2-7,12,33H,8-9H2,1H3,(H,34,35)/t12-/m0/s1. The van der Waals surface area contributed by atoms with Crippen molar-refractivity contribution in [2.24, 2.45) is 0 Å². The van der Waals surface area contributed by atoms with Gasteiger partial charge in [0.2, 0.25) is 11.6 Å². The Balaban J connectivity index is 1.79. The number of carboxylic acids is 1. The summed E-state index contributed by atoms with van der Waals surface area (Å²) in [6, 6.07) is 5.75. The van der Waals surface area contributed by atoms with Crippen molar-refractivity contribution in [3.05, 3.63) is 63.8 Å². The molecule has 0 spiro atoms. The van der Waals surface area contributed by atoms with E-state index in [0.29, 0.717) is 9.59 Å². The fraction of sp³-hybridized carbons (Fsp3) is 0.250. The first-order valence-corrected chi connectivity index (χ1v) is 10.6. The predicted octanol–water partition coefficient (Wildman–Crippen LogP) is 1.41. The summed E-state index contributed by atoms with van der Waals surface area (Å²) in [6.45, 7) is -1.66. The van der Waals surface area contributed by atoms with Gasteiger partial charge in [0, 0.05) is 23.0 Å². The van der Waals surface area contributed by atoms with Crippen LogP contribution in [0.2, 0.25) is 5.02 Å². The molecule has 0 saturated carbocycles. The molecule has 1 atom stereocenters. The number of hydrogen-bond donors (Lipinski definition) is 2. The number of aliphatic hydroxyl groups excluding tert-OH is 1. The quantitative estimate of drug-likeness (QED) is 0.334. The Labute approximate surface area is 209 Å². The Morgan fingerprint density at radius 3 is 2.46 bits per heavy atom. The molecule has 4 aromatic rings. The highest BCUT2D eigenvalue weighted by Crippen LogP contribution is 2.24. The number of ether oxygens (including phenoxy) is 1. The molecule has 37 heavy (non-hydrogen) atoms. The third kappa shape index (κ3) is 5.29. The molecule has 1 aromatic carbocycles. The zero-order chi connectivity index (χ0) is 26.9. The Kier molecular flexibility index (Phi) is 6.95. The smallest absolute Gasteiger partial charge is 0.416 e. The fourth-order valence-electron chi connectivity index (χ4n) is 3.25. The minimum Gasteiger partial charge on any atom is -0.478 e. The lowest BCUT2D eigenvalue weighted by atomic mass is 10.2. The van der Waals surface area contributed by atoms with Gasteiger partial charge in [-0.2, -0.15) is 17.9 Å². The molecule has 194 valence electrons. The first-order chi connectivity index (χ1) is 17.5. The van der Waals surface area contributed by atoms with Crippen LogP contribution in [0.5, 0.6) is 5.88 Å². The average Bonchev–Trinajstić information content (AvgIpc) is 3.41. The monoisotopic (exact) mass is 540 g/mol. The van der Waals surface area contributed by atoms with Gasteiger partial charge in [0.05, 0.1) is 13.7 Å². The number of carboxylic acid groups (broad SMARTS) is 1. The number of alkyl halides is 3. The van der Waals surface area contributed by atoms with E-state index >= 15 is 0 Å². The molecule has 0 aliphatic rings. The Morgan fingerprint density at radius 2 is 1.84 bits per heavy atom. The van der Waals surface area contributed by atoms with Gasteiger partial charge in [-0.05, 0) is 24.3 Å². The van der Waals surface area contributed by atoms with Gasteiger partial charge < -0.3 is 14.9 Å². The minimum atomic E-state index is -4.99. The topological polar surface area (TPSA) is 163 Å². The van der Waals surface area contributed by atoms with Crippen LogP contribution in [0.25, 0.3) is 17.2 Å². The van der Waals surface area contributed by atoms with Crippen LogP contribution in [-0.4, -0.2) is 74.7 Å². The van der Waals surface area contributed by atoms with Crippen molar-refractivity contribution in [1.29, 1.82) is 0 Å². The lowest BCUT2D eigenvalue weighted by Gasteiger charge is -2.15. The number of hydrogen-bond acceptors (Lipinski definition) is 9. The molecule has 0 aliphatic carbocycles. The third-order valence-corrected chi connectivity index (χ3v) is 5.18. The maximum absolute atomic E-state index is 13.0. The SMILES string of the molecule is COc1nccnc1-n1nc(Cn2nc(-c3ccc(Cl)cc3)n(C[C@H](O)C(F)(F)F)c2=O)nc1C(=O)O. The van der Waals surface area contributed by atoms with Gasteiger partial charge >= 0.3 is 17.8 Å². The van der Waals surface area contributed by atoms with E-state index in [2.05, 4.69) is 25.1 Å². The van der Waals surface area contributed by atoms with Gasteiger partial charge in [-0.15, -0.1) is 10.2 Å². The number of halogens is 4. The van der Waals surface area contributed by atoms with E-state index < -0.39 is 42.9 Å². The van der Waals surface area contributed by atoms with Gasteiger partial charge in [0.25, 0.3) is 5.88 Å².